The summed E-state index contributed by atoms with van der Waals surface area (Å²) >= 11 is 3.02. The highest BCUT2D eigenvalue weighted by molar-refractivity contribution is 8.13. The number of aliphatic imine (C=N–C) groups is 1. The van der Waals surface area contributed by atoms with Crippen molar-refractivity contribution in [3.8, 4) is 11.3 Å². The first-order valence-electron chi connectivity index (χ1n) is 9.89. The van der Waals surface area contributed by atoms with Crippen molar-refractivity contribution in [1.29, 1.82) is 0 Å². The first-order chi connectivity index (χ1) is 14.9. The Balaban J connectivity index is 0.00000132. The molecule has 2 aromatic heterocycles. The van der Waals surface area contributed by atoms with Crippen molar-refractivity contribution in [1.82, 2.24) is 9.97 Å². The van der Waals surface area contributed by atoms with E-state index < -0.39 is 11.4 Å². The molecule has 31 heavy (non-hydrogen) atoms. The summed E-state index contributed by atoms with van der Waals surface area (Å²) in [5.74, 6) is -0.0401. The Bertz CT molecular complexity index is 1070. The van der Waals surface area contributed by atoms with Crippen LogP contribution in [0.2, 0.25) is 0 Å². The lowest BCUT2D eigenvalue weighted by atomic mass is 9.89. The minimum atomic E-state index is -0.762. The van der Waals surface area contributed by atoms with Gasteiger partial charge < -0.3 is 11.1 Å². The number of nitrogens with two attached hydrogens (primary N) is 1. The average molecular weight is 458 g/mol. The third-order valence-corrected chi connectivity index (χ3v) is 6.18. The van der Waals surface area contributed by atoms with Gasteiger partial charge in [-0.2, -0.15) is 11.3 Å². The molecule has 4 rings (SSSR count). The first kappa shape index (κ1) is 22.9. The molecule has 1 aromatic carbocycles. The Morgan fingerprint density at radius 1 is 1.23 bits per heavy atom. The smallest absolute Gasteiger partial charge is 0.275 e. The predicted molar refractivity (Wildman–Crippen MR) is 127 cm³/mol. The molecule has 3 aromatic rings. The summed E-state index contributed by atoms with van der Waals surface area (Å²) in [6, 6.07) is 6.38. The molecule has 1 amide bonds. The van der Waals surface area contributed by atoms with Gasteiger partial charge in [0.1, 0.15) is 11.5 Å². The Morgan fingerprint density at radius 3 is 2.68 bits per heavy atom. The van der Waals surface area contributed by atoms with Crippen molar-refractivity contribution in [2.24, 2.45) is 10.7 Å². The number of benzene rings is 1. The van der Waals surface area contributed by atoms with Gasteiger partial charge in [0.05, 0.1) is 23.6 Å². The van der Waals surface area contributed by atoms with Gasteiger partial charge in [0.25, 0.3) is 5.91 Å². The van der Waals surface area contributed by atoms with Crippen LogP contribution >= 0.6 is 23.1 Å². The number of nitrogens with one attached hydrogen (secondary N) is 1. The molecule has 0 aliphatic carbocycles. The molecule has 6 nitrogen and oxygen atoms in total. The molecule has 0 radical (unpaired) electrons. The number of hydrogen-bond donors (Lipinski definition) is 2. The number of amidine groups is 1. The number of thiophene rings is 1. The van der Waals surface area contributed by atoms with E-state index in [2.05, 4.69) is 20.3 Å². The number of carbonyl (C=O) groups is 1. The van der Waals surface area contributed by atoms with Crippen molar-refractivity contribution >= 4 is 39.9 Å². The molecular formula is C22H24FN5OS2. The van der Waals surface area contributed by atoms with Gasteiger partial charge in [-0.05, 0) is 43.0 Å². The third-order valence-electron chi connectivity index (χ3n) is 4.70. The van der Waals surface area contributed by atoms with E-state index in [0.717, 1.165) is 11.3 Å². The number of thioether (sulfide) groups is 1. The molecule has 0 bridgehead atoms. The maximum absolute atomic E-state index is 14.5. The summed E-state index contributed by atoms with van der Waals surface area (Å²) in [5.41, 5.74) is 7.78. The SMILES string of the molecule is CC.CC1(c2cc(NC(=O)c3cnc(-c4ccsc4)cn3)ccc2F)CCSC(N)=N1. The zero-order valence-electron chi connectivity index (χ0n) is 17.6. The van der Waals surface area contributed by atoms with Crippen LogP contribution in [0.5, 0.6) is 0 Å². The summed E-state index contributed by atoms with van der Waals surface area (Å²) in [6.45, 7) is 5.85. The fourth-order valence-corrected chi connectivity index (χ4v) is 4.72. The van der Waals surface area contributed by atoms with Crippen LogP contribution in [0.25, 0.3) is 11.3 Å². The molecule has 9 heteroatoms. The highest BCUT2D eigenvalue weighted by atomic mass is 32.2. The zero-order chi connectivity index (χ0) is 22.4. The van der Waals surface area contributed by atoms with Crippen LogP contribution in [0.3, 0.4) is 0 Å². The quantitative estimate of drug-likeness (QED) is 0.555. The van der Waals surface area contributed by atoms with E-state index in [1.165, 1.54) is 30.1 Å². The number of aromatic nitrogens is 2. The van der Waals surface area contributed by atoms with Crippen LogP contribution in [-0.4, -0.2) is 26.8 Å². The lowest BCUT2D eigenvalue weighted by Crippen LogP contribution is -2.29. The number of rotatable bonds is 4. The fourth-order valence-electron chi connectivity index (χ4n) is 3.10. The van der Waals surface area contributed by atoms with E-state index in [-0.39, 0.29) is 11.5 Å². The van der Waals surface area contributed by atoms with Crippen molar-refractivity contribution in [3.63, 3.8) is 0 Å². The molecule has 0 spiro atoms. The van der Waals surface area contributed by atoms with Gasteiger partial charge in [-0.15, -0.1) is 0 Å². The molecule has 162 valence electrons. The lowest BCUT2D eigenvalue weighted by Gasteiger charge is -2.30. The topological polar surface area (TPSA) is 93.3 Å². The van der Waals surface area contributed by atoms with Gasteiger partial charge in [0, 0.05) is 27.9 Å². The summed E-state index contributed by atoms with van der Waals surface area (Å²) in [7, 11) is 0. The number of halogens is 1. The zero-order valence-corrected chi connectivity index (χ0v) is 19.2. The molecule has 1 unspecified atom stereocenters. The highest BCUT2D eigenvalue weighted by Crippen LogP contribution is 2.37. The van der Waals surface area contributed by atoms with Gasteiger partial charge in [0.15, 0.2) is 5.17 Å². The van der Waals surface area contributed by atoms with Gasteiger partial charge in [-0.25, -0.2) is 9.37 Å². The van der Waals surface area contributed by atoms with Crippen LogP contribution in [0.15, 0.2) is 52.4 Å². The lowest BCUT2D eigenvalue weighted by molar-refractivity contribution is 0.102. The van der Waals surface area contributed by atoms with Crippen molar-refractivity contribution in [2.75, 3.05) is 11.1 Å². The van der Waals surface area contributed by atoms with E-state index in [9.17, 15) is 9.18 Å². The summed E-state index contributed by atoms with van der Waals surface area (Å²) < 4.78 is 14.5. The van der Waals surface area contributed by atoms with Crippen molar-refractivity contribution in [2.45, 2.75) is 32.7 Å². The number of hydrogen-bond acceptors (Lipinski definition) is 7. The molecule has 0 fully saturated rings. The minimum absolute atomic E-state index is 0.178. The molecule has 3 heterocycles. The Kier molecular flexibility index (Phi) is 7.40. The fraction of sp³-hybridized carbons (Fsp3) is 0.273. The summed E-state index contributed by atoms with van der Waals surface area (Å²) in [5, 5.41) is 7.11. The maximum atomic E-state index is 14.5. The highest BCUT2D eigenvalue weighted by Gasteiger charge is 2.32. The normalized spacial score (nSPS) is 17.9. The van der Waals surface area contributed by atoms with Crippen LogP contribution < -0.4 is 11.1 Å². The van der Waals surface area contributed by atoms with E-state index in [1.807, 2.05) is 37.6 Å². The Labute approximate surface area is 189 Å². The maximum Gasteiger partial charge on any atom is 0.275 e. The summed E-state index contributed by atoms with van der Waals surface area (Å²) in [4.78, 5) is 25.5. The van der Waals surface area contributed by atoms with Crippen molar-refractivity contribution < 1.29 is 9.18 Å². The number of nitrogens with zero attached hydrogens (tertiary/aromatic N) is 3. The summed E-state index contributed by atoms with van der Waals surface area (Å²) in [6.07, 6.45) is 3.64. The monoisotopic (exact) mass is 457 g/mol. The molecule has 1 aliphatic rings. The molecule has 1 aliphatic heterocycles. The largest absolute Gasteiger partial charge is 0.379 e. The van der Waals surface area contributed by atoms with Crippen LogP contribution in [-0.2, 0) is 5.54 Å². The third kappa shape index (κ3) is 5.29. The van der Waals surface area contributed by atoms with Crippen LogP contribution in [0.1, 0.15) is 43.2 Å². The average Bonchev–Trinajstić information content (AvgIpc) is 3.31. The Morgan fingerprint density at radius 2 is 2.03 bits per heavy atom. The number of amides is 1. The van der Waals surface area contributed by atoms with Gasteiger partial charge in [0.2, 0.25) is 0 Å². The first-order valence-corrected chi connectivity index (χ1v) is 11.8. The van der Waals surface area contributed by atoms with Gasteiger partial charge in [-0.1, -0.05) is 25.6 Å². The molecule has 3 N–H and O–H groups in total. The van der Waals surface area contributed by atoms with Crippen LogP contribution in [0.4, 0.5) is 10.1 Å². The van der Waals surface area contributed by atoms with E-state index in [1.54, 1.807) is 23.6 Å². The standard InChI is InChI=1S/C20H18FN5OS2.C2H6/c1-20(5-7-29-19(22)26-20)14-8-13(2-3-15(14)21)25-18(27)17-10-23-16(9-24-17)12-4-6-28-11-12;1-2/h2-4,6,8-11H,5,7H2,1H3,(H2,22,26)(H,25,27);1-2H3. The second-order valence-electron chi connectivity index (χ2n) is 6.77. The molecule has 1 atom stereocenters. The van der Waals surface area contributed by atoms with Crippen LogP contribution in [0, 0.1) is 5.82 Å². The molecule has 0 saturated heterocycles. The van der Waals surface area contributed by atoms with E-state index in [0.29, 0.717) is 28.5 Å². The Hall–Kier alpha value is -2.78. The molecule has 0 saturated carbocycles. The van der Waals surface area contributed by atoms with Crippen molar-refractivity contribution in [3.05, 3.63) is 64.5 Å². The predicted octanol–water partition coefficient (Wildman–Crippen LogP) is 5.29. The van der Waals surface area contributed by atoms with Gasteiger partial charge >= 0.3 is 0 Å². The molecular weight excluding hydrogens is 433 g/mol. The second kappa shape index (κ2) is 10.0. The number of anilines is 1. The van der Waals surface area contributed by atoms with Gasteiger partial charge in [-0.3, -0.25) is 14.8 Å². The van der Waals surface area contributed by atoms with E-state index in [4.69, 9.17) is 5.73 Å². The minimum Gasteiger partial charge on any atom is -0.379 e. The number of carbonyl (C=O) groups excluding carboxylic acids is 1. The van der Waals surface area contributed by atoms with E-state index >= 15 is 0 Å². The second-order valence-corrected chi connectivity index (χ2v) is 8.67.